The summed E-state index contributed by atoms with van der Waals surface area (Å²) in [5.74, 6) is -0.405. The van der Waals surface area contributed by atoms with Gasteiger partial charge in [0.15, 0.2) is 5.78 Å². The van der Waals surface area contributed by atoms with E-state index in [2.05, 4.69) is 9.98 Å². The van der Waals surface area contributed by atoms with E-state index in [1.54, 1.807) is 25.1 Å². The number of amidine groups is 1. The molecule has 1 atom stereocenters. The fraction of sp³-hybridized carbons (Fsp3) is 0.238. The predicted molar refractivity (Wildman–Crippen MR) is 107 cm³/mol. The molecule has 0 unspecified atom stereocenters. The van der Waals surface area contributed by atoms with Crippen LogP contribution in [-0.4, -0.2) is 23.5 Å². The first-order valence-electron chi connectivity index (χ1n) is 8.87. The van der Waals surface area contributed by atoms with Crippen LogP contribution in [0.3, 0.4) is 0 Å². The van der Waals surface area contributed by atoms with Gasteiger partial charge in [-0.3, -0.25) is 9.78 Å². The van der Waals surface area contributed by atoms with Crippen molar-refractivity contribution < 1.29 is 18.3 Å². The number of alkyl halides is 2. The van der Waals surface area contributed by atoms with E-state index in [9.17, 15) is 13.6 Å². The largest absolute Gasteiger partial charge is 0.428 e. The Bertz CT molecular complexity index is 1110. The molecule has 30 heavy (non-hydrogen) atoms. The molecule has 1 aromatic carbocycles. The van der Waals surface area contributed by atoms with Gasteiger partial charge in [0, 0.05) is 28.8 Å². The number of nitriles is 1. The first-order chi connectivity index (χ1) is 14.3. The summed E-state index contributed by atoms with van der Waals surface area (Å²) < 4.78 is 31.5. The lowest BCUT2D eigenvalue weighted by molar-refractivity contribution is 0.0986. The van der Waals surface area contributed by atoms with E-state index in [1.807, 2.05) is 6.07 Å². The number of Topliss-reactive ketones (excluding diaryl/α,β-unsaturated/α-hetero) is 1. The third-order valence-electron chi connectivity index (χ3n) is 4.60. The monoisotopic (exact) mass is 430 g/mol. The number of carbonyl (C=O) groups excluding carboxylic acids is 1. The molecule has 2 aromatic rings. The lowest BCUT2D eigenvalue weighted by Gasteiger charge is -2.28. The molecule has 9 heteroatoms. The first kappa shape index (κ1) is 21.4. The Morgan fingerprint density at radius 1 is 1.33 bits per heavy atom. The lowest BCUT2D eigenvalue weighted by atomic mass is 9.89. The van der Waals surface area contributed by atoms with E-state index in [4.69, 9.17) is 27.3 Å². The second kappa shape index (κ2) is 8.59. The van der Waals surface area contributed by atoms with Crippen LogP contribution in [0.4, 0.5) is 8.78 Å². The van der Waals surface area contributed by atoms with Gasteiger partial charge < -0.3 is 10.5 Å². The highest BCUT2D eigenvalue weighted by Gasteiger charge is 2.32. The number of halogens is 3. The van der Waals surface area contributed by atoms with Gasteiger partial charge in [-0.05, 0) is 30.7 Å². The van der Waals surface area contributed by atoms with Crippen LogP contribution in [0.5, 0.6) is 0 Å². The number of allylic oxidation sites excluding steroid dienone is 1. The van der Waals surface area contributed by atoms with Gasteiger partial charge in [-0.25, -0.2) is 13.8 Å². The van der Waals surface area contributed by atoms with E-state index < -0.39 is 24.7 Å². The maximum atomic E-state index is 13.3. The molecule has 3 rings (SSSR count). The molecular formula is C21H17ClF2N4O2. The Balaban J connectivity index is 1.95. The van der Waals surface area contributed by atoms with Crippen LogP contribution in [-0.2, 0) is 23.4 Å². The summed E-state index contributed by atoms with van der Waals surface area (Å²) in [6.45, 7) is -0.0927. The molecule has 0 saturated carbocycles. The van der Waals surface area contributed by atoms with Gasteiger partial charge in [0.25, 0.3) is 6.02 Å². The minimum absolute atomic E-state index is 0.0110. The number of hydrogen-bond donors (Lipinski definition) is 1. The average Bonchev–Trinajstić information content (AvgIpc) is 2.73. The van der Waals surface area contributed by atoms with Crippen molar-refractivity contribution in [1.29, 1.82) is 5.26 Å². The van der Waals surface area contributed by atoms with E-state index in [-0.39, 0.29) is 35.0 Å². The van der Waals surface area contributed by atoms with Crippen molar-refractivity contribution in [2.75, 3.05) is 6.67 Å². The molecule has 154 valence electrons. The van der Waals surface area contributed by atoms with Gasteiger partial charge in [0.1, 0.15) is 36.4 Å². The van der Waals surface area contributed by atoms with Crippen LogP contribution < -0.4 is 5.73 Å². The summed E-state index contributed by atoms with van der Waals surface area (Å²) in [4.78, 5) is 20.9. The van der Waals surface area contributed by atoms with Gasteiger partial charge >= 0.3 is 0 Å². The summed E-state index contributed by atoms with van der Waals surface area (Å²) in [7, 11) is 0. The smallest absolute Gasteiger partial charge is 0.288 e. The molecule has 1 aromatic heterocycles. The molecule has 1 aliphatic heterocycles. The second-order valence-corrected chi connectivity index (χ2v) is 7.24. The van der Waals surface area contributed by atoms with Crippen molar-refractivity contribution in [3.8, 4) is 6.07 Å². The fourth-order valence-corrected chi connectivity index (χ4v) is 3.54. The molecule has 0 amide bonds. The number of rotatable bonds is 6. The van der Waals surface area contributed by atoms with Gasteiger partial charge in [0.2, 0.25) is 0 Å². The highest BCUT2D eigenvalue weighted by atomic mass is 35.5. The van der Waals surface area contributed by atoms with Crippen molar-refractivity contribution in [3.63, 3.8) is 0 Å². The number of ether oxygens (including phenoxy) is 1. The van der Waals surface area contributed by atoms with Gasteiger partial charge in [-0.1, -0.05) is 23.7 Å². The van der Waals surface area contributed by atoms with E-state index >= 15 is 0 Å². The van der Waals surface area contributed by atoms with Gasteiger partial charge in [-0.15, -0.1) is 0 Å². The van der Waals surface area contributed by atoms with Gasteiger partial charge in [-0.2, -0.15) is 5.26 Å². The first-order valence-corrected chi connectivity index (χ1v) is 9.25. The summed E-state index contributed by atoms with van der Waals surface area (Å²) in [5, 5.41) is 9.27. The number of nitrogens with two attached hydrogens (primary N) is 1. The summed E-state index contributed by atoms with van der Waals surface area (Å²) in [6, 6.07) is 7.88. The molecule has 0 saturated heterocycles. The Hall–Kier alpha value is -3.31. The summed E-state index contributed by atoms with van der Waals surface area (Å²) >= 11 is 6.34. The number of ketones is 1. The number of aromatic nitrogens is 1. The maximum Gasteiger partial charge on any atom is 0.288 e. The zero-order valence-corrected chi connectivity index (χ0v) is 16.7. The number of benzene rings is 1. The Labute approximate surface area is 176 Å². The SMILES string of the molecule is C[C@@]1(c2cc(CC(=O)c3ncc(C#N)cc3CF)ccc2Cl)C=C(CF)OC(N)=N1. The maximum absolute atomic E-state index is 13.3. The van der Waals surface area contributed by atoms with Crippen LogP contribution in [0.1, 0.15) is 39.7 Å². The van der Waals surface area contributed by atoms with Crippen molar-refractivity contribution >= 4 is 23.4 Å². The molecular weight excluding hydrogens is 414 g/mol. The lowest BCUT2D eigenvalue weighted by Crippen LogP contribution is -2.30. The van der Waals surface area contributed by atoms with E-state index in [1.165, 1.54) is 18.3 Å². The van der Waals surface area contributed by atoms with E-state index in [0.717, 1.165) is 0 Å². The molecule has 0 spiro atoms. The fourth-order valence-electron chi connectivity index (χ4n) is 3.23. The number of nitrogens with zero attached hydrogens (tertiary/aromatic N) is 3. The number of pyridine rings is 1. The predicted octanol–water partition coefficient (Wildman–Crippen LogP) is 3.92. The van der Waals surface area contributed by atoms with Crippen LogP contribution in [0.15, 0.2) is 47.3 Å². The minimum atomic E-state index is -1.09. The highest BCUT2D eigenvalue weighted by molar-refractivity contribution is 6.31. The van der Waals surface area contributed by atoms with Crippen LogP contribution in [0.25, 0.3) is 0 Å². The topological polar surface area (TPSA) is 101 Å². The highest BCUT2D eigenvalue weighted by Crippen LogP contribution is 2.36. The third kappa shape index (κ3) is 4.31. The van der Waals surface area contributed by atoms with Crippen LogP contribution >= 0.6 is 11.6 Å². The number of carbonyl (C=O) groups is 1. The van der Waals surface area contributed by atoms with Crippen LogP contribution in [0, 0.1) is 11.3 Å². The molecule has 0 fully saturated rings. The summed E-state index contributed by atoms with van der Waals surface area (Å²) in [6.07, 6.45) is 2.62. The van der Waals surface area contributed by atoms with Crippen molar-refractivity contribution in [3.05, 3.63) is 75.3 Å². The zero-order chi connectivity index (χ0) is 21.9. The van der Waals surface area contributed by atoms with E-state index in [0.29, 0.717) is 16.1 Å². The molecule has 0 bridgehead atoms. The van der Waals surface area contributed by atoms with Crippen LogP contribution in [0.2, 0.25) is 5.02 Å². The number of hydrogen-bond acceptors (Lipinski definition) is 6. The molecule has 0 aliphatic carbocycles. The van der Waals surface area contributed by atoms with Crippen molar-refractivity contribution in [2.45, 2.75) is 25.6 Å². The zero-order valence-electron chi connectivity index (χ0n) is 16.0. The second-order valence-electron chi connectivity index (χ2n) is 6.84. The number of aliphatic imine (C=N–C) groups is 1. The Morgan fingerprint density at radius 3 is 2.77 bits per heavy atom. The van der Waals surface area contributed by atoms with Gasteiger partial charge in [0.05, 0.1) is 5.56 Å². The Kier molecular flexibility index (Phi) is 6.13. The third-order valence-corrected chi connectivity index (χ3v) is 4.93. The molecule has 1 aliphatic rings. The standard InChI is InChI=1S/C21H17ClF2N4O2/c1-21(7-15(9-24)30-20(26)28-21)16-5-12(2-3-17(16)22)6-18(29)19-14(8-23)4-13(10-25)11-27-19/h2-5,7,11H,6,8-9H2,1H3,(H2,26,28)/t21-/m0/s1. The summed E-state index contributed by atoms with van der Waals surface area (Å²) in [5.41, 5.74) is 5.86. The molecule has 6 nitrogen and oxygen atoms in total. The molecule has 2 N–H and O–H groups in total. The van der Waals surface area contributed by atoms with Crippen molar-refractivity contribution in [1.82, 2.24) is 4.98 Å². The average molecular weight is 431 g/mol. The molecule has 2 heterocycles. The quantitative estimate of drug-likeness (QED) is 0.700. The minimum Gasteiger partial charge on any atom is -0.428 e. The Morgan fingerprint density at radius 2 is 2.10 bits per heavy atom. The normalized spacial score (nSPS) is 18.1. The molecule has 0 radical (unpaired) electrons. The van der Waals surface area contributed by atoms with Crippen molar-refractivity contribution in [2.24, 2.45) is 10.7 Å².